The zero-order valence-corrected chi connectivity index (χ0v) is 16.7. The highest BCUT2D eigenvalue weighted by atomic mass is 16.5. The first-order valence-corrected chi connectivity index (χ1v) is 9.56. The van der Waals surface area contributed by atoms with E-state index in [1.165, 1.54) is 6.08 Å². The molecule has 0 aromatic heterocycles. The van der Waals surface area contributed by atoms with Crippen LogP contribution in [0.5, 0.6) is 5.75 Å². The van der Waals surface area contributed by atoms with Crippen molar-refractivity contribution in [3.8, 4) is 5.75 Å². The molecule has 1 saturated heterocycles. The number of amides is 2. The van der Waals surface area contributed by atoms with E-state index >= 15 is 0 Å². The van der Waals surface area contributed by atoms with Crippen LogP contribution in [0, 0.1) is 0 Å². The quantitative estimate of drug-likeness (QED) is 0.332. The fourth-order valence-electron chi connectivity index (χ4n) is 3.08. The molecule has 156 valence electrons. The fraction of sp³-hybridized carbons (Fsp3) is 0.217. The molecule has 2 aromatic carbocycles. The van der Waals surface area contributed by atoms with Gasteiger partial charge in [-0.3, -0.25) is 14.8 Å². The summed E-state index contributed by atoms with van der Waals surface area (Å²) in [5.74, 6) is 0.0151. The van der Waals surface area contributed by atoms with Gasteiger partial charge in [-0.1, -0.05) is 36.4 Å². The predicted octanol–water partition coefficient (Wildman–Crippen LogP) is 2.61. The lowest BCUT2D eigenvalue weighted by Gasteiger charge is -2.28. The van der Waals surface area contributed by atoms with E-state index in [2.05, 4.69) is 0 Å². The Kier molecular flexibility index (Phi) is 7.37. The molecule has 2 aromatic rings. The summed E-state index contributed by atoms with van der Waals surface area (Å²) < 4.78 is 10.7. The van der Waals surface area contributed by atoms with Gasteiger partial charge >= 0.3 is 0 Å². The lowest BCUT2D eigenvalue weighted by molar-refractivity contribution is -0.128. The second kappa shape index (κ2) is 10.4. The Morgan fingerprint density at radius 1 is 1.10 bits per heavy atom. The highest BCUT2D eigenvalue weighted by Crippen LogP contribution is 2.25. The van der Waals surface area contributed by atoms with Gasteiger partial charge in [0.05, 0.1) is 20.3 Å². The molecule has 1 aliphatic heterocycles. The molecule has 1 heterocycles. The van der Waals surface area contributed by atoms with Crippen molar-refractivity contribution in [2.45, 2.75) is 0 Å². The highest BCUT2D eigenvalue weighted by molar-refractivity contribution is 6.24. The van der Waals surface area contributed by atoms with Crippen LogP contribution in [0.1, 0.15) is 16.7 Å². The van der Waals surface area contributed by atoms with Crippen molar-refractivity contribution < 1.29 is 24.3 Å². The van der Waals surface area contributed by atoms with E-state index in [1.54, 1.807) is 23.6 Å². The van der Waals surface area contributed by atoms with Crippen LogP contribution in [0.2, 0.25) is 0 Å². The number of hydroxylamine groups is 1. The fourth-order valence-corrected chi connectivity index (χ4v) is 3.08. The average molecular weight is 408 g/mol. The average Bonchev–Trinajstić information content (AvgIpc) is 2.81. The van der Waals surface area contributed by atoms with Crippen molar-refractivity contribution in [3.63, 3.8) is 0 Å². The monoisotopic (exact) mass is 408 g/mol. The number of hydrogen-bond donors (Lipinski definition) is 2. The topological polar surface area (TPSA) is 88.1 Å². The second-order valence-electron chi connectivity index (χ2n) is 6.67. The summed E-state index contributed by atoms with van der Waals surface area (Å²) in [6, 6.07) is 14.8. The third-order valence-corrected chi connectivity index (χ3v) is 4.69. The summed E-state index contributed by atoms with van der Waals surface area (Å²) >= 11 is 0. The van der Waals surface area contributed by atoms with E-state index in [0.717, 1.165) is 16.7 Å². The normalized spacial score (nSPS) is 14.6. The van der Waals surface area contributed by atoms with Gasteiger partial charge in [0.1, 0.15) is 5.75 Å². The Bertz CT molecular complexity index is 944. The molecule has 0 unspecified atom stereocenters. The van der Waals surface area contributed by atoms with Gasteiger partial charge in [0.25, 0.3) is 11.8 Å². The largest absolute Gasteiger partial charge is 0.497 e. The minimum atomic E-state index is -0.601. The standard InChI is InChI=1S/C23H24N2O5/c1-29-20-4-2-3-19(16-20)21(23(27)25-11-13-30-14-12-25)15-18-7-5-17(6-8-18)9-10-22(26)24-28/h2-10,15-16,28H,11-14H2,1H3,(H,24,26)/b10-9+,21-15-. The second-order valence-corrected chi connectivity index (χ2v) is 6.67. The Morgan fingerprint density at radius 3 is 2.47 bits per heavy atom. The molecule has 0 aliphatic carbocycles. The maximum absolute atomic E-state index is 13.3. The van der Waals surface area contributed by atoms with Crippen LogP contribution in [0.3, 0.4) is 0 Å². The smallest absolute Gasteiger partial charge is 0.267 e. The van der Waals surface area contributed by atoms with Crippen LogP contribution in [-0.4, -0.2) is 55.3 Å². The van der Waals surface area contributed by atoms with Crippen LogP contribution >= 0.6 is 0 Å². The molecule has 7 nitrogen and oxygen atoms in total. The van der Waals surface area contributed by atoms with Gasteiger partial charge < -0.3 is 14.4 Å². The van der Waals surface area contributed by atoms with Crippen LogP contribution < -0.4 is 10.2 Å². The number of nitrogens with one attached hydrogen (secondary N) is 1. The molecular weight excluding hydrogens is 384 g/mol. The Morgan fingerprint density at radius 2 is 1.80 bits per heavy atom. The first-order valence-electron chi connectivity index (χ1n) is 9.56. The molecule has 0 saturated carbocycles. The maximum Gasteiger partial charge on any atom is 0.267 e. The lowest BCUT2D eigenvalue weighted by Crippen LogP contribution is -2.41. The zero-order valence-electron chi connectivity index (χ0n) is 16.7. The molecule has 3 rings (SSSR count). The minimum Gasteiger partial charge on any atom is -0.497 e. The van der Waals surface area contributed by atoms with Gasteiger partial charge in [-0.05, 0) is 41.0 Å². The molecule has 2 amide bonds. The summed E-state index contributed by atoms with van der Waals surface area (Å²) in [5, 5.41) is 8.55. The van der Waals surface area contributed by atoms with Crippen molar-refractivity contribution in [1.82, 2.24) is 10.4 Å². The first-order chi connectivity index (χ1) is 14.6. The van der Waals surface area contributed by atoms with E-state index in [4.69, 9.17) is 14.7 Å². The number of carbonyl (C=O) groups excluding carboxylic acids is 2. The van der Waals surface area contributed by atoms with Gasteiger partial charge in [-0.15, -0.1) is 0 Å². The number of rotatable bonds is 6. The first kappa shape index (κ1) is 21.3. The predicted molar refractivity (Wildman–Crippen MR) is 114 cm³/mol. The Balaban J connectivity index is 1.92. The van der Waals surface area contributed by atoms with Crippen molar-refractivity contribution in [2.24, 2.45) is 0 Å². The molecule has 0 bridgehead atoms. The number of benzene rings is 2. The summed E-state index contributed by atoms with van der Waals surface area (Å²) in [7, 11) is 1.59. The van der Waals surface area contributed by atoms with Crippen LogP contribution in [0.4, 0.5) is 0 Å². The number of morpholine rings is 1. The van der Waals surface area contributed by atoms with Gasteiger partial charge in [0, 0.05) is 24.7 Å². The molecule has 7 heteroatoms. The number of hydrogen-bond acceptors (Lipinski definition) is 5. The third-order valence-electron chi connectivity index (χ3n) is 4.69. The Hall–Kier alpha value is -3.42. The van der Waals surface area contributed by atoms with Crippen molar-refractivity contribution in [2.75, 3.05) is 33.4 Å². The van der Waals surface area contributed by atoms with Crippen LogP contribution in [-0.2, 0) is 14.3 Å². The maximum atomic E-state index is 13.3. The number of carbonyl (C=O) groups is 2. The lowest BCUT2D eigenvalue weighted by atomic mass is 10.00. The number of nitrogens with zero attached hydrogens (tertiary/aromatic N) is 1. The molecule has 0 atom stereocenters. The van der Waals surface area contributed by atoms with Gasteiger partial charge in [0.15, 0.2) is 0 Å². The van der Waals surface area contributed by atoms with Gasteiger partial charge in [-0.25, -0.2) is 5.48 Å². The summed E-state index contributed by atoms with van der Waals surface area (Å²) in [4.78, 5) is 26.2. The van der Waals surface area contributed by atoms with E-state index in [9.17, 15) is 9.59 Å². The van der Waals surface area contributed by atoms with Crippen LogP contribution in [0.25, 0.3) is 17.7 Å². The molecule has 0 radical (unpaired) electrons. The van der Waals surface area contributed by atoms with E-state index in [0.29, 0.717) is 37.6 Å². The molecular formula is C23H24N2O5. The molecule has 2 N–H and O–H groups in total. The molecule has 30 heavy (non-hydrogen) atoms. The SMILES string of the molecule is COc1cccc(/C(=C/c2ccc(/C=C/C(=O)NO)cc2)C(=O)N2CCOCC2)c1. The van der Waals surface area contributed by atoms with E-state index in [1.807, 2.05) is 54.6 Å². The molecule has 1 fully saturated rings. The number of ether oxygens (including phenoxy) is 2. The summed E-state index contributed by atoms with van der Waals surface area (Å²) in [6.07, 6.45) is 4.66. The summed E-state index contributed by atoms with van der Waals surface area (Å²) in [5.41, 5.74) is 4.52. The van der Waals surface area contributed by atoms with Crippen molar-refractivity contribution in [1.29, 1.82) is 0 Å². The minimum absolute atomic E-state index is 0.0601. The zero-order chi connectivity index (χ0) is 21.3. The third kappa shape index (κ3) is 5.56. The van der Waals surface area contributed by atoms with Crippen molar-refractivity contribution >= 4 is 29.5 Å². The molecule has 1 aliphatic rings. The molecule has 0 spiro atoms. The van der Waals surface area contributed by atoms with Crippen LogP contribution in [0.15, 0.2) is 54.6 Å². The highest BCUT2D eigenvalue weighted by Gasteiger charge is 2.22. The summed E-state index contributed by atoms with van der Waals surface area (Å²) in [6.45, 7) is 2.16. The van der Waals surface area contributed by atoms with Gasteiger partial charge in [-0.2, -0.15) is 0 Å². The van der Waals surface area contributed by atoms with Gasteiger partial charge in [0.2, 0.25) is 0 Å². The van der Waals surface area contributed by atoms with E-state index < -0.39 is 5.91 Å². The van der Waals surface area contributed by atoms with E-state index in [-0.39, 0.29) is 5.91 Å². The van der Waals surface area contributed by atoms with Crippen molar-refractivity contribution in [3.05, 3.63) is 71.3 Å². The Labute approximate surface area is 175 Å². The number of methoxy groups -OCH3 is 1.